The zero-order chi connectivity index (χ0) is 13.7. The minimum absolute atomic E-state index is 0.127. The molecule has 0 aromatic carbocycles. The third kappa shape index (κ3) is 4.58. The number of nitrogens with one attached hydrogen (secondary N) is 1. The predicted octanol–water partition coefficient (Wildman–Crippen LogP) is 4.05. The molecule has 1 heterocycles. The number of halogens is 2. The second kappa shape index (κ2) is 7.10. The van der Waals surface area contributed by atoms with E-state index < -0.39 is 0 Å². The van der Waals surface area contributed by atoms with Crippen LogP contribution in [0, 0.1) is 5.92 Å². The highest BCUT2D eigenvalue weighted by atomic mass is 79.9. The van der Waals surface area contributed by atoms with Crippen LogP contribution in [0.3, 0.4) is 0 Å². The maximum absolute atomic E-state index is 12.0. The molecular weight excluding hydrogens is 316 g/mol. The molecule has 2 unspecified atom stereocenters. The van der Waals surface area contributed by atoms with Gasteiger partial charge >= 0.3 is 0 Å². The predicted molar refractivity (Wildman–Crippen MR) is 77.9 cm³/mol. The lowest BCUT2D eigenvalue weighted by atomic mass is 10.0. The molecule has 5 heteroatoms. The maximum Gasteiger partial charge on any atom is 0.254 e. The van der Waals surface area contributed by atoms with E-state index in [9.17, 15) is 4.79 Å². The Labute approximate surface area is 121 Å². The third-order valence-corrected chi connectivity index (χ3v) is 3.62. The Morgan fingerprint density at radius 2 is 2.22 bits per heavy atom. The number of nitrogens with zero attached hydrogens (tertiary/aromatic N) is 1. The SMILES string of the molecule is CCC(C)CC(C)NC(=O)c1cc(Br)cnc1Cl. The number of rotatable bonds is 5. The lowest BCUT2D eigenvalue weighted by molar-refractivity contribution is 0.0935. The molecule has 1 N–H and O–H groups in total. The van der Waals surface area contributed by atoms with Crippen LogP contribution in [0.1, 0.15) is 44.0 Å². The molecule has 100 valence electrons. The Bertz CT molecular complexity index is 425. The second-order valence-electron chi connectivity index (χ2n) is 4.62. The molecule has 0 aliphatic heterocycles. The van der Waals surface area contributed by atoms with Crippen LogP contribution in [-0.4, -0.2) is 16.9 Å². The number of carbonyl (C=O) groups is 1. The molecule has 0 bridgehead atoms. The molecule has 0 saturated heterocycles. The zero-order valence-corrected chi connectivity index (χ0v) is 13.2. The van der Waals surface area contributed by atoms with Gasteiger partial charge in [-0.2, -0.15) is 0 Å². The van der Waals surface area contributed by atoms with Gasteiger partial charge in [0, 0.05) is 16.7 Å². The quantitative estimate of drug-likeness (QED) is 0.826. The molecule has 0 aliphatic rings. The van der Waals surface area contributed by atoms with Crippen molar-refractivity contribution < 1.29 is 4.79 Å². The Morgan fingerprint density at radius 3 is 2.83 bits per heavy atom. The summed E-state index contributed by atoms with van der Waals surface area (Å²) in [5.41, 5.74) is 0.405. The highest BCUT2D eigenvalue weighted by Crippen LogP contribution is 2.18. The highest BCUT2D eigenvalue weighted by Gasteiger charge is 2.15. The van der Waals surface area contributed by atoms with Crippen LogP contribution in [0.5, 0.6) is 0 Å². The number of aromatic nitrogens is 1. The lowest BCUT2D eigenvalue weighted by Crippen LogP contribution is -2.34. The van der Waals surface area contributed by atoms with Crippen LogP contribution in [0.25, 0.3) is 0 Å². The van der Waals surface area contributed by atoms with Crippen molar-refractivity contribution in [3.8, 4) is 0 Å². The van der Waals surface area contributed by atoms with Gasteiger partial charge in [0.25, 0.3) is 5.91 Å². The Hall–Kier alpha value is -0.610. The first kappa shape index (κ1) is 15.4. The topological polar surface area (TPSA) is 42.0 Å². The summed E-state index contributed by atoms with van der Waals surface area (Å²) in [4.78, 5) is 16.0. The molecular formula is C13H18BrClN2O. The fourth-order valence-electron chi connectivity index (χ4n) is 1.71. The molecule has 0 radical (unpaired) electrons. The Morgan fingerprint density at radius 1 is 1.56 bits per heavy atom. The van der Waals surface area contributed by atoms with Gasteiger partial charge in [0.1, 0.15) is 5.15 Å². The summed E-state index contributed by atoms with van der Waals surface area (Å²) in [6.45, 7) is 6.33. The highest BCUT2D eigenvalue weighted by molar-refractivity contribution is 9.10. The molecule has 1 amide bonds. The Kier molecular flexibility index (Phi) is 6.09. The average molecular weight is 334 g/mol. The van der Waals surface area contributed by atoms with Gasteiger partial charge in [-0.15, -0.1) is 0 Å². The molecule has 2 atom stereocenters. The number of hydrogen-bond donors (Lipinski definition) is 1. The summed E-state index contributed by atoms with van der Waals surface area (Å²) in [6.07, 6.45) is 3.64. The number of hydrogen-bond acceptors (Lipinski definition) is 2. The van der Waals surface area contributed by atoms with E-state index in [1.807, 2.05) is 6.92 Å². The molecule has 0 saturated carbocycles. The molecule has 1 rings (SSSR count). The molecule has 1 aromatic heterocycles. The summed E-state index contributed by atoms with van der Waals surface area (Å²) in [7, 11) is 0. The minimum Gasteiger partial charge on any atom is -0.349 e. The fraction of sp³-hybridized carbons (Fsp3) is 0.538. The average Bonchev–Trinajstić information content (AvgIpc) is 2.31. The van der Waals surface area contributed by atoms with Gasteiger partial charge in [-0.3, -0.25) is 4.79 Å². The largest absolute Gasteiger partial charge is 0.349 e. The van der Waals surface area contributed by atoms with Gasteiger partial charge in [0.15, 0.2) is 0 Å². The van der Waals surface area contributed by atoms with Crippen molar-refractivity contribution in [3.05, 3.63) is 27.5 Å². The molecule has 3 nitrogen and oxygen atoms in total. The van der Waals surface area contributed by atoms with Crippen molar-refractivity contribution in [2.45, 2.75) is 39.7 Å². The fourth-order valence-corrected chi connectivity index (χ4v) is 2.23. The van der Waals surface area contributed by atoms with Gasteiger partial charge in [-0.05, 0) is 41.3 Å². The zero-order valence-electron chi connectivity index (χ0n) is 10.8. The molecule has 18 heavy (non-hydrogen) atoms. The van der Waals surface area contributed by atoms with E-state index in [-0.39, 0.29) is 17.1 Å². The Balaban J connectivity index is 2.67. The normalized spacial score (nSPS) is 14.1. The van der Waals surface area contributed by atoms with Gasteiger partial charge < -0.3 is 5.32 Å². The lowest BCUT2D eigenvalue weighted by Gasteiger charge is -2.17. The molecule has 1 aromatic rings. The van der Waals surface area contributed by atoms with E-state index in [0.717, 1.165) is 17.3 Å². The number of amides is 1. The number of pyridine rings is 1. The van der Waals surface area contributed by atoms with Crippen LogP contribution >= 0.6 is 27.5 Å². The molecule has 0 fully saturated rings. The van der Waals surface area contributed by atoms with Crippen molar-refractivity contribution in [3.63, 3.8) is 0 Å². The van der Waals surface area contributed by atoms with Gasteiger partial charge in [0.05, 0.1) is 5.56 Å². The van der Waals surface area contributed by atoms with E-state index in [2.05, 4.69) is 40.1 Å². The van der Waals surface area contributed by atoms with E-state index in [1.165, 1.54) is 0 Å². The molecule has 0 spiro atoms. The number of carbonyl (C=O) groups excluding carboxylic acids is 1. The van der Waals surface area contributed by atoms with Crippen molar-refractivity contribution in [2.75, 3.05) is 0 Å². The van der Waals surface area contributed by atoms with Crippen LogP contribution in [-0.2, 0) is 0 Å². The van der Waals surface area contributed by atoms with Crippen LogP contribution in [0.4, 0.5) is 0 Å². The van der Waals surface area contributed by atoms with Crippen molar-refractivity contribution >= 4 is 33.4 Å². The van der Waals surface area contributed by atoms with E-state index >= 15 is 0 Å². The third-order valence-electron chi connectivity index (χ3n) is 2.88. The maximum atomic E-state index is 12.0. The summed E-state index contributed by atoms with van der Waals surface area (Å²) < 4.78 is 0.742. The molecule has 0 aliphatic carbocycles. The van der Waals surface area contributed by atoms with Gasteiger partial charge in [0.2, 0.25) is 0 Å². The van der Waals surface area contributed by atoms with Crippen LogP contribution < -0.4 is 5.32 Å². The monoisotopic (exact) mass is 332 g/mol. The summed E-state index contributed by atoms with van der Waals surface area (Å²) >= 11 is 9.20. The van der Waals surface area contributed by atoms with Gasteiger partial charge in [-0.25, -0.2) is 4.98 Å². The van der Waals surface area contributed by atoms with Crippen molar-refractivity contribution in [2.24, 2.45) is 5.92 Å². The standard InChI is InChI=1S/C13H18BrClN2O/c1-4-8(2)5-9(3)17-13(18)11-6-10(14)7-16-12(11)15/h6-9H,4-5H2,1-3H3,(H,17,18). The first-order valence-corrected chi connectivity index (χ1v) is 7.23. The smallest absolute Gasteiger partial charge is 0.254 e. The van der Waals surface area contributed by atoms with Crippen molar-refractivity contribution in [1.29, 1.82) is 0 Å². The summed E-state index contributed by atoms with van der Waals surface area (Å²) in [5.74, 6) is 0.418. The summed E-state index contributed by atoms with van der Waals surface area (Å²) in [6, 6.07) is 1.81. The van der Waals surface area contributed by atoms with Crippen molar-refractivity contribution in [1.82, 2.24) is 10.3 Å². The van der Waals surface area contributed by atoms with E-state index in [1.54, 1.807) is 12.3 Å². The van der Waals surface area contributed by atoms with Crippen LogP contribution in [0.15, 0.2) is 16.7 Å². The van der Waals surface area contributed by atoms with E-state index in [4.69, 9.17) is 11.6 Å². The van der Waals surface area contributed by atoms with Gasteiger partial charge in [-0.1, -0.05) is 31.9 Å². The van der Waals surface area contributed by atoms with E-state index in [0.29, 0.717) is 11.5 Å². The second-order valence-corrected chi connectivity index (χ2v) is 5.89. The minimum atomic E-state index is -0.176. The first-order chi connectivity index (χ1) is 8.43. The van der Waals surface area contributed by atoms with Crippen LogP contribution in [0.2, 0.25) is 5.15 Å². The first-order valence-electron chi connectivity index (χ1n) is 6.06. The summed E-state index contributed by atoms with van der Waals surface area (Å²) in [5, 5.41) is 3.17.